The molecule has 1 atom stereocenters. The van der Waals surface area contributed by atoms with E-state index in [-0.39, 0.29) is 11.6 Å². The number of hydrogen-bond donors (Lipinski definition) is 0. The van der Waals surface area contributed by atoms with Crippen molar-refractivity contribution in [2.75, 3.05) is 40.4 Å². The van der Waals surface area contributed by atoms with Crippen LogP contribution < -0.4 is 0 Å². The molecule has 3 heterocycles. The number of nitrogens with zero attached hydrogens (tertiary/aromatic N) is 3. The van der Waals surface area contributed by atoms with Gasteiger partial charge in [-0.2, -0.15) is 0 Å². The molecule has 0 aromatic carbocycles. The zero-order valence-corrected chi connectivity index (χ0v) is 15.3. The van der Waals surface area contributed by atoms with Crippen molar-refractivity contribution in [2.45, 2.75) is 37.9 Å². The summed E-state index contributed by atoms with van der Waals surface area (Å²) in [5.74, 6) is 0.526. The Morgan fingerprint density at radius 2 is 2.24 bits per heavy atom. The smallest absolute Gasteiger partial charge is 0.319 e. The third kappa shape index (κ3) is 4.30. The Balaban J connectivity index is 1.45. The molecule has 0 radical (unpaired) electrons. The van der Waals surface area contributed by atoms with Gasteiger partial charge in [0, 0.05) is 52.8 Å². The minimum Gasteiger partial charge on any atom is -0.377 e. The van der Waals surface area contributed by atoms with Crippen LogP contribution in [0.5, 0.6) is 0 Å². The number of amides is 2. The monoisotopic (exact) mass is 347 g/mol. The van der Waals surface area contributed by atoms with Crippen LogP contribution in [0.2, 0.25) is 0 Å². The van der Waals surface area contributed by atoms with Crippen molar-refractivity contribution in [3.63, 3.8) is 0 Å². The molecule has 1 aromatic heterocycles. The molecule has 1 spiro atoms. The highest BCUT2D eigenvalue weighted by atomic mass is 16.5. The molecule has 25 heavy (non-hydrogen) atoms. The molecule has 138 valence electrons. The summed E-state index contributed by atoms with van der Waals surface area (Å²) in [6.07, 6.45) is 7.59. The first kappa shape index (κ1) is 18.1. The summed E-state index contributed by atoms with van der Waals surface area (Å²) >= 11 is 0. The lowest BCUT2D eigenvalue weighted by Crippen LogP contribution is -2.51. The van der Waals surface area contributed by atoms with Gasteiger partial charge in [-0.05, 0) is 43.2 Å². The summed E-state index contributed by atoms with van der Waals surface area (Å²) in [5.41, 5.74) is 1.05. The second-order valence-corrected chi connectivity index (χ2v) is 7.27. The van der Waals surface area contributed by atoms with Gasteiger partial charge >= 0.3 is 6.03 Å². The number of likely N-dealkylation sites (tertiary alicyclic amines) is 1. The summed E-state index contributed by atoms with van der Waals surface area (Å²) in [5, 5.41) is 0. The van der Waals surface area contributed by atoms with Gasteiger partial charge in [0.25, 0.3) is 0 Å². The van der Waals surface area contributed by atoms with Crippen molar-refractivity contribution in [3.8, 4) is 0 Å². The van der Waals surface area contributed by atoms with E-state index in [1.165, 1.54) is 0 Å². The van der Waals surface area contributed by atoms with E-state index in [0.717, 1.165) is 57.6 Å². The number of piperidine rings is 1. The average molecular weight is 347 g/mol. The predicted molar refractivity (Wildman–Crippen MR) is 95.2 cm³/mol. The maximum absolute atomic E-state index is 12.1. The normalized spacial score (nSPS) is 22.3. The molecular formula is C19H29N3O3. The van der Waals surface area contributed by atoms with Crippen molar-refractivity contribution in [3.05, 3.63) is 30.1 Å². The van der Waals surface area contributed by atoms with Crippen molar-refractivity contribution in [1.82, 2.24) is 14.8 Å². The van der Waals surface area contributed by atoms with Crippen LogP contribution in [0.3, 0.4) is 0 Å². The second-order valence-electron chi connectivity index (χ2n) is 7.27. The molecule has 2 fully saturated rings. The third-order valence-electron chi connectivity index (χ3n) is 5.46. The standard InChI is InChI=1S/C19H29N3O3/c1-21(2)18(23)22-10-7-19(8-11-22)17(6-13-25-19)5-12-24-15-16-4-3-9-20-14-16/h3-4,9,14,17H,5-8,10-13,15H2,1-2H3. The highest BCUT2D eigenvalue weighted by Crippen LogP contribution is 2.42. The number of carbonyl (C=O) groups is 1. The number of pyridine rings is 1. The highest BCUT2D eigenvalue weighted by molar-refractivity contribution is 5.73. The molecule has 2 saturated heterocycles. The van der Waals surface area contributed by atoms with Gasteiger partial charge in [-0.3, -0.25) is 4.98 Å². The Labute approximate surface area is 150 Å². The first-order chi connectivity index (χ1) is 12.1. The molecule has 6 heteroatoms. The molecule has 2 aliphatic heterocycles. The van der Waals surface area contributed by atoms with Crippen molar-refractivity contribution < 1.29 is 14.3 Å². The van der Waals surface area contributed by atoms with Gasteiger partial charge in [0.15, 0.2) is 0 Å². The predicted octanol–water partition coefficient (Wildman–Crippen LogP) is 2.54. The lowest BCUT2D eigenvalue weighted by molar-refractivity contribution is -0.0670. The summed E-state index contributed by atoms with van der Waals surface area (Å²) < 4.78 is 12.0. The largest absolute Gasteiger partial charge is 0.377 e. The molecule has 1 aromatic rings. The average Bonchev–Trinajstić information content (AvgIpc) is 3.01. The molecule has 2 amide bonds. The van der Waals surface area contributed by atoms with E-state index in [0.29, 0.717) is 12.5 Å². The molecule has 0 N–H and O–H groups in total. The quantitative estimate of drug-likeness (QED) is 0.768. The van der Waals surface area contributed by atoms with Gasteiger partial charge in [0.05, 0.1) is 12.2 Å². The van der Waals surface area contributed by atoms with Crippen molar-refractivity contribution >= 4 is 6.03 Å². The lowest BCUT2D eigenvalue weighted by atomic mass is 9.78. The van der Waals surface area contributed by atoms with Gasteiger partial charge in [-0.15, -0.1) is 0 Å². The Kier molecular flexibility index (Phi) is 5.91. The number of hydrogen-bond acceptors (Lipinski definition) is 4. The van der Waals surface area contributed by atoms with Crippen LogP contribution in [-0.2, 0) is 16.1 Å². The molecular weight excluding hydrogens is 318 g/mol. The van der Waals surface area contributed by atoms with Crippen LogP contribution >= 0.6 is 0 Å². The molecule has 3 rings (SSSR count). The Bertz CT molecular complexity index is 556. The fourth-order valence-electron chi connectivity index (χ4n) is 4.00. The van der Waals surface area contributed by atoms with Crippen molar-refractivity contribution in [2.24, 2.45) is 5.92 Å². The van der Waals surface area contributed by atoms with E-state index in [9.17, 15) is 4.79 Å². The number of urea groups is 1. The lowest BCUT2D eigenvalue weighted by Gasteiger charge is -2.42. The second kappa shape index (κ2) is 8.15. The Morgan fingerprint density at radius 1 is 1.44 bits per heavy atom. The van der Waals surface area contributed by atoms with Crippen LogP contribution in [-0.4, -0.2) is 66.8 Å². The van der Waals surface area contributed by atoms with E-state index >= 15 is 0 Å². The minimum atomic E-state index is -0.0548. The zero-order valence-electron chi connectivity index (χ0n) is 15.3. The molecule has 0 aliphatic carbocycles. The summed E-state index contributed by atoms with van der Waals surface area (Å²) in [4.78, 5) is 19.8. The zero-order chi connectivity index (χ0) is 17.7. The fourth-order valence-corrected chi connectivity index (χ4v) is 4.00. The first-order valence-corrected chi connectivity index (χ1v) is 9.17. The summed E-state index contributed by atoms with van der Waals surface area (Å²) in [6, 6.07) is 4.07. The van der Waals surface area contributed by atoms with Crippen LogP contribution in [0.25, 0.3) is 0 Å². The number of aromatic nitrogens is 1. The highest BCUT2D eigenvalue weighted by Gasteiger charge is 2.46. The van der Waals surface area contributed by atoms with Crippen LogP contribution in [0.1, 0.15) is 31.2 Å². The van der Waals surface area contributed by atoms with Gasteiger partial charge in [0.1, 0.15) is 0 Å². The Hall–Kier alpha value is -1.66. The number of rotatable bonds is 5. The topological polar surface area (TPSA) is 54.9 Å². The van der Waals surface area contributed by atoms with E-state index in [1.54, 1.807) is 25.2 Å². The molecule has 0 saturated carbocycles. The van der Waals surface area contributed by atoms with Gasteiger partial charge < -0.3 is 19.3 Å². The van der Waals surface area contributed by atoms with E-state index in [1.807, 2.05) is 23.2 Å². The third-order valence-corrected chi connectivity index (χ3v) is 5.46. The maximum atomic E-state index is 12.1. The van der Waals surface area contributed by atoms with E-state index in [4.69, 9.17) is 9.47 Å². The fraction of sp³-hybridized carbons (Fsp3) is 0.684. The van der Waals surface area contributed by atoms with E-state index in [2.05, 4.69) is 4.98 Å². The summed E-state index contributed by atoms with van der Waals surface area (Å²) in [7, 11) is 3.61. The molecule has 2 aliphatic rings. The van der Waals surface area contributed by atoms with Gasteiger partial charge in [0.2, 0.25) is 0 Å². The van der Waals surface area contributed by atoms with Crippen LogP contribution in [0.15, 0.2) is 24.5 Å². The van der Waals surface area contributed by atoms with Crippen LogP contribution in [0, 0.1) is 5.92 Å². The number of ether oxygens (including phenoxy) is 2. The molecule has 6 nitrogen and oxygen atoms in total. The minimum absolute atomic E-state index is 0.0548. The SMILES string of the molecule is CN(C)C(=O)N1CCC2(CC1)OCCC2CCOCc1cccnc1. The molecule has 0 bridgehead atoms. The number of carbonyl (C=O) groups excluding carboxylic acids is 1. The van der Waals surface area contributed by atoms with Crippen molar-refractivity contribution in [1.29, 1.82) is 0 Å². The Morgan fingerprint density at radius 3 is 2.92 bits per heavy atom. The first-order valence-electron chi connectivity index (χ1n) is 9.17. The van der Waals surface area contributed by atoms with Gasteiger partial charge in [-0.1, -0.05) is 6.07 Å². The molecule has 1 unspecified atom stereocenters. The van der Waals surface area contributed by atoms with E-state index < -0.39 is 0 Å². The summed E-state index contributed by atoms with van der Waals surface area (Å²) in [6.45, 7) is 3.74. The van der Waals surface area contributed by atoms with Crippen LogP contribution in [0.4, 0.5) is 4.79 Å². The van der Waals surface area contributed by atoms with Gasteiger partial charge in [-0.25, -0.2) is 4.79 Å². The maximum Gasteiger partial charge on any atom is 0.319 e.